The lowest BCUT2D eigenvalue weighted by atomic mass is 10.1. The number of rotatable bonds is 5. The molecule has 1 aliphatic rings. The molecule has 1 saturated carbocycles. The molecular formula is C13H16N4O2S. The van der Waals surface area contributed by atoms with Gasteiger partial charge >= 0.3 is 5.97 Å². The highest BCUT2D eigenvalue weighted by molar-refractivity contribution is 7.18. The van der Waals surface area contributed by atoms with Crippen molar-refractivity contribution >= 4 is 28.0 Å². The Kier molecular flexibility index (Phi) is 3.35. The van der Waals surface area contributed by atoms with Crippen LogP contribution in [0.15, 0.2) is 12.4 Å². The van der Waals surface area contributed by atoms with E-state index >= 15 is 0 Å². The predicted molar refractivity (Wildman–Crippen MR) is 78.0 cm³/mol. The number of nitrogens with zero attached hydrogens (tertiary/aromatic N) is 1. The van der Waals surface area contributed by atoms with Gasteiger partial charge in [-0.1, -0.05) is 0 Å². The second-order valence-electron chi connectivity index (χ2n) is 4.81. The maximum atomic E-state index is 11.7. The Balaban J connectivity index is 1.86. The van der Waals surface area contributed by atoms with E-state index in [0.29, 0.717) is 23.0 Å². The monoisotopic (exact) mass is 292 g/mol. The number of esters is 1. The number of aromatic nitrogens is 2. The first-order valence-electron chi connectivity index (χ1n) is 6.42. The molecule has 20 heavy (non-hydrogen) atoms. The van der Waals surface area contributed by atoms with Crippen LogP contribution in [-0.2, 0) is 11.3 Å². The third kappa shape index (κ3) is 2.36. The molecule has 0 spiro atoms. The number of H-pyrrole nitrogens is 1. The molecule has 0 aromatic carbocycles. The Morgan fingerprint density at radius 2 is 2.45 bits per heavy atom. The highest BCUT2D eigenvalue weighted by atomic mass is 32.1. The zero-order valence-corrected chi connectivity index (χ0v) is 11.9. The van der Waals surface area contributed by atoms with Crippen LogP contribution in [0.5, 0.6) is 0 Å². The molecule has 6 nitrogen and oxygen atoms in total. The van der Waals surface area contributed by atoms with Crippen LogP contribution in [0.2, 0.25) is 0 Å². The Bertz CT molecular complexity index is 617. The summed E-state index contributed by atoms with van der Waals surface area (Å²) in [7, 11) is 1.37. The summed E-state index contributed by atoms with van der Waals surface area (Å²) in [6.45, 7) is 0.650. The number of nitrogens with one attached hydrogen (secondary N) is 2. The largest absolute Gasteiger partial charge is 0.465 e. The van der Waals surface area contributed by atoms with Crippen LogP contribution in [-0.4, -0.2) is 23.3 Å². The summed E-state index contributed by atoms with van der Waals surface area (Å²) in [5, 5.41) is 11.0. The highest BCUT2D eigenvalue weighted by Crippen LogP contribution is 2.51. The fourth-order valence-corrected chi connectivity index (χ4v) is 3.29. The minimum atomic E-state index is -0.370. The van der Waals surface area contributed by atoms with Crippen molar-refractivity contribution in [2.24, 2.45) is 0 Å². The number of thiophene rings is 1. The van der Waals surface area contributed by atoms with Gasteiger partial charge in [-0.15, -0.1) is 11.3 Å². The van der Waals surface area contributed by atoms with E-state index in [1.165, 1.54) is 18.4 Å². The Labute approximate surface area is 120 Å². The quantitative estimate of drug-likeness (QED) is 0.735. The van der Waals surface area contributed by atoms with Gasteiger partial charge in [0.15, 0.2) is 0 Å². The molecule has 4 N–H and O–H groups in total. The second kappa shape index (κ2) is 5.16. The zero-order chi connectivity index (χ0) is 14.1. The van der Waals surface area contributed by atoms with Crippen LogP contribution >= 0.6 is 11.3 Å². The molecule has 2 aromatic rings. The topological polar surface area (TPSA) is 93.0 Å². The van der Waals surface area contributed by atoms with E-state index in [0.717, 1.165) is 29.0 Å². The first-order chi connectivity index (χ1) is 9.70. The Hall–Kier alpha value is -2.02. The van der Waals surface area contributed by atoms with Gasteiger partial charge in [-0.3, -0.25) is 5.10 Å². The lowest BCUT2D eigenvalue weighted by Gasteiger charge is -2.05. The molecule has 0 unspecified atom stereocenters. The lowest BCUT2D eigenvalue weighted by Crippen LogP contribution is -2.03. The van der Waals surface area contributed by atoms with Crippen molar-refractivity contribution in [2.45, 2.75) is 25.3 Å². The van der Waals surface area contributed by atoms with Crippen LogP contribution in [0.4, 0.5) is 10.7 Å². The number of aromatic amines is 1. The van der Waals surface area contributed by atoms with E-state index in [-0.39, 0.29) is 5.97 Å². The van der Waals surface area contributed by atoms with Gasteiger partial charge in [0.05, 0.1) is 24.0 Å². The summed E-state index contributed by atoms with van der Waals surface area (Å²) in [5.74, 6) is 0.0993. The normalized spacial score (nSPS) is 14.2. The number of ether oxygens (including phenoxy) is 1. The van der Waals surface area contributed by atoms with E-state index in [1.54, 1.807) is 6.20 Å². The maximum Gasteiger partial charge on any atom is 0.350 e. The van der Waals surface area contributed by atoms with Gasteiger partial charge in [-0.2, -0.15) is 5.10 Å². The third-order valence-corrected chi connectivity index (χ3v) is 4.51. The predicted octanol–water partition coefficient (Wildman–Crippen LogP) is 2.33. The summed E-state index contributed by atoms with van der Waals surface area (Å²) < 4.78 is 4.78. The molecule has 0 bridgehead atoms. The molecular weight excluding hydrogens is 276 g/mol. The molecule has 7 heteroatoms. The first kappa shape index (κ1) is 13.0. The Morgan fingerprint density at radius 3 is 3.05 bits per heavy atom. The van der Waals surface area contributed by atoms with Crippen molar-refractivity contribution in [1.29, 1.82) is 0 Å². The van der Waals surface area contributed by atoms with Crippen LogP contribution < -0.4 is 11.1 Å². The van der Waals surface area contributed by atoms with E-state index in [2.05, 4.69) is 15.5 Å². The number of hydrogen-bond acceptors (Lipinski definition) is 6. The summed E-state index contributed by atoms with van der Waals surface area (Å²) in [6, 6.07) is 0. The molecule has 0 saturated heterocycles. The van der Waals surface area contributed by atoms with Gasteiger partial charge in [-0.25, -0.2) is 4.79 Å². The first-order valence-corrected chi connectivity index (χ1v) is 7.24. The maximum absolute atomic E-state index is 11.7. The molecule has 106 valence electrons. The fraction of sp³-hybridized carbons (Fsp3) is 0.385. The van der Waals surface area contributed by atoms with Gasteiger partial charge in [0.1, 0.15) is 4.88 Å². The van der Waals surface area contributed by atoms with Crippen LogP contribution in [0.3, 0.4) is 0 Å². The van der Waals surface area contributed by atoms with E-state index in [1.807, 2.05) is 6.20 Å². The number of carbonyl (C=O) groups is 1. The molecule has 2 aromatic heterocycles. The Morgan fingerprint density at radius 1 is 1.65 bits per heavy atom. The van der Waals surface area contributed by atoms with Crippen molar-refractivity contribution in [3.63, 3.8) is 0 Å². The van der Waals surface area contributed by atoms with Gasteiger partial charge < -0.3 is 15.8 Å². The SMILES string of the molecule is COC(=O)c1sc(NCc2cn[nH]c2)c(C2CC2)c1N. The van der Waals surface area contributed by atoms with Crippen molar-refractivity contribution in [2.75, 3.05) is 18.2 Å². The summed E-state index contributed by atoms with van der Waals surface area (Å²) in [4.78, 5) is 12.2. The summed E-state index contributed by atoms with van der Waals surface area (Å²) >= 11 is 1.37. The average molecular weight is 292 g/mol. The second-order valence-corrected chi connectivity index (χ2v) is 5.83. The lowest BCUT2D eigenvalue weighted by molar-refractivity contribution is 0.0607. The van der Waals surface area contributed by atoms with Crippen molar-refractivity contribution in [3.05, 3.63) is 28.4 Å². The minimum Gasteiger partial charge on any atom is -0.465 e. The standard InChI is InChI=1S/C13H16N4O2S/c1-19-13(18)11-10(14)9(8-2-3-8)12(20-11)15-4-7-5-16-17-6-7/h5-6,8,15H,2-4,14H2,1H3,(H,16,17). The number of carbonyl (C=O) groups excluding carboxylic acids is 1. The molecule has 0 aliphatic heterocycles. The molecule has 3 rings (SSSR count). The van der Waals surface area contributed by atoms with Crippen molar-refractivity contribution < 1.29 is 9.53 Å². The third-order valence-electron chi connectivity index (χ3n) is 3.35. The minimum absolute atomic E-state index is 0.370. The van der Waals surface area contributed by atoms with Gasteiger partial charge in [0.2, 0.25) is 0 Å². The number of methoxy groups -OCH3 is 1. The van der Waals surface area contributed by atoms with E-state index < -0.39 is 0 Å². The van der Waals surface area contributed by atoms with Crippen molar-refractivity contribution in [3.8, 4) is 0 Å². The summed E-state index contributed by atoms with van der Waals surface area (Å²) in [5.41, 5.74) is 8.81. The number of anilines is 2. The molecule has 1 aliphatic carbocycles. The number of nitrogen functional groups attached to an aromatic ring is 1. The van der Waals surface area contributed by atoms with Gasteiger partial charge in [0.25, 0.3) is 0 Å². The van der Waals surface area contributed by atoms with Crippen LogP contribution in [0, 0.1) is 0 Å². The van der Waals surface area contributed by atoms with Gasteiger partial charge in [-0.05, 0) is 18.8 Å². The molecule has 0 radical (unpaired) electrons. The smallest absolute Gasteiger partial charge is 0.350 e. The number of nitrogens with two attached hydrogens (primary N) is 1. The molecule has 1 fully saturated rings. The number of hydrogen-bond donors (Lipinski definition) is 3. The fourth-order valence-electron chi connectivity index (χ4n) is 2.17. The molecule has 2 heterocycles. The summed E-state index contributed by atoms with van der Waals surface area (Å²) in [6.07, 6.45) is 5.85. The van der Waals surface area contributed by atoms with E-state index in [9.17, 15) is 4.79 Å². The zero-order valence-electron chi connectivity index (χ0n) is 11.1. The van der Waals surface area contributed by atoms with Gasteiger partial charge in [0, 0.05) is 23.9 Å². The van der Waals surface area contributed by atoms with Crippen LogP contribution in [0.1, 0.15) is 39.6 Å². The van der Waals surface area contributed by atoms with E-state index in [4.69, 9.17) is 10.5 Å². The highest BCUT2D eigenvalue weighted by Gasteiger charge is 2.33. The van der Waals surface area contributed by atoms with Crippen LogP contribution in [0.25, 0.3) is 0 Å². The molecule has 0 atom stereocenters. The average Bonchev–Trinajstić information content (AvgIpc) is 3.03. The van der Waals surface area contributed by atoms with Crippen molar-refractivity contribution in [1.82, 2.24) is 10.2 Å². The molecule has 0 amide bonds.